The number of benzene rings is 2. The smallest absolute Gasteiger partial charge is 0.279 e. The van der Waals surface area contributed by atoms with Crippen molar-refractivity contribution in [1.29, 1.82) is 0 Å². The fraction of sp³-hybridized carbons (Fsp3) is 0.263. The summed E-state index contributed by atoms with van der Waals surface area (Å²) in [4.78, 5) is 24.1. The number of nitrogens with two attached hydrogens (primary N) is 1. The average Bonchev–Trinajstić information content (AvgIpc) is 3.07. The van der Waals surface area contributed by atoms with Crippen molar-refractivity contribution in [2.75, 3.05) is 18.7 Å². The molecule has 6 heteroatoms. The first-order valence-electron chi connectivity index (χ1n) is 8.17. The number of ether oxygens (including phenoxy) is 2. The van der Waals surface area contributed by atoms with Crippen LogP contribution in [-0.4, -0.2) is 25.0 Å². The van der Waals surface area contributed by atoms with Gasteiger partial charge in [0.2, 0.25) is 6.79 Å². The summed E-state index contributed by atoms with van der Waals surface area (Å²) < 4.78 is 10.6. The van der Waals surface area contributed by atoms with E-state index in [2.05, 4.69) is 5.32 Å². The van der Waals surface area contributed by atoms with E-state index >= 15 is 0 Å². The molecule has 1 heterocycles. The molecule has 0 aromatic heterocycles. The van der Waals surface area contributed by atoms with Gasteiger partial charge in [-0.3, -0.25) is 9.59 Å². The van der Waals surface area contributed by atoms with Crippen LogP contribution in [0.15, 0.2) is 42.5 Å². The summed E-state index contributed by atoms with van der Waals surface area (Å²) in [6.07, 6.45) is 0. The molecule has 0 aliphatic carbocycles. The van der Waals surface area contributed by atoms with Gasteiger partial charge in [0.1, 0.15) is 6.04 Å². The van der Waals surface area contributed by atoms with Crippen molar-refractivity contribution in [3.63, 3.8) is 0 Å². The number of fused-ring (bicyclic) bond motifs is 1. The van der Waals surface area contributed by atoms with Crippen molar-refractivity contribution >= 4 is 17.4 Å². The van der Waals surface area contributed by atoms with Crippen LogP contribution in [-0.2, 0) is 4.79 Å². The number of Topliss-reactive ketones (excluding diaryl/α,β-unsaturated/α-hetero) is 1. The molecule has 3 N–H and O–H groups in total. The van der Waals surface area contributed by atoms with Gasteiger partial charge in [-0.1, -0.05) is 30.3 Å². The maximum atomic E-state index is 12.3. The van der Waals surface area contributed by atoms with E-state index in [0.29, 0.717) is 22.7 Å². The molecular formula is C19H21N2O4+. The number of carbonyl (C=O) groups is 2. The monoisotopic (exact) mass is 341 g/mol. The summed E-state index contributed by atoms with van der Waals surface area (Å²) in [6.45, 7) is 3.87. The first kappa shape index (κ1) is 17.0. The third kappa shape index (κ3) is 3.97. The topological polar surface area (TPSA) is 81.2 Å². The summed E-state index contributed by atoms with van der Waals surface area (Å²) >= 11 is 0. The Kier molecular flexibility index (Phi) is 5.00. The Hall–Kier alpha value is -2.86. The van der Waals surface area contributed by atoms with E-state index in [4.69, 9.17) is 9.47 Å². The van der Waals surface area contributed by atoms with E-state index < -0.39 is 0 Å². The molecule has 0 saturated heterocycles. The van der Waals surface area contributed by atoms with Crippen LogP contribution in [0.2, 0.25) is 0 Å². The Labute approximate surface area is 146 Å². The van der Waals surface area contributed by atoms with Gasteiger partial charge in [0, 0.05) is 17.2 Å². The lowest BCUT2D eigenvalue weighted by molar-refractivity contribution is -0.682. The second kappa shape index (κ2) is 7.36. The number of rotatable bonds is 6. The van der Waals surface area contributed by atoms with Crippen LogP contribution in [0.1, 0.15) is 35.8 Å². The molecule has 130 valence electrons. The Morgan fingerprint density at radius 3 is 2.52 bits per heavy atom. The van der Waals surface area contributed by atoms with Crippen LogP contribution >= 0.6 is 0 Å². The van der Waals surface area contributed by atoms with E-state index in [9.17, 15) is 9.59 Å². The van der Waals surface area contributed by atoms with Gasteiger partial charge in [0.15, 0.2) is 23.8 Å². The van der Waals surface area contributed by atoms with Crippen LogP contribution in [0, 0.1) is 0 Å². The molecule has 0 fully saturated rings. The molecule has 1 aliphatic rings. The lowest BCUT2D eigenvalue weighted by Gasteiger charge is -2.13. The molecule has 0 unspecified atom stereocenters. The summed E-state index contributed by atoms with van der Waals surface area (Å²) in [5.41, 5.74) is 2.01. The normalized spacial score (nSPS) is 13.4. The standard InChI is InChI=1S/C19H20N2O4/c1-12(14-6-4-3-5-7-14)20-10-19(23)21-16-9-18-17(24-11-25-18)8-15(16)13(2)22/h3-9,12,20H,10-11H2,1-2H3,(H,21,23)/p+1/t12-/m0/s1. The highest BCUT2D eigenvalue weighted by atomic mass is 16.7. The summed E-state index contributed by atoms with van der Waals surface area (Å²) in [6, 6.07) is 13.4. The van der Waals surface area contributed by atoms with Gasteiger partial charge in [0.05, 0.1) is 5.69 Å². The third-order valence-electron chi connectivity index (χ3n) is 4.15. The van der Waals surface area contributed by atoms with Crippen molar-refractivity contribution in [2.45, 2.75) is 19.9 Å². The van der Waals surface area contributed by atoms with E-state index in [-0.39, 0.29) is 31.1 Å². The second-order valence-electron chi connectivity index (χ2n) is 5.99. The molecule has 0 spiro atoms. The van der Waals surface area contributed by atoms with Gasteiger partial charge >= 0.3 is 0 Å². The maximum Gasteiger partial charge on any atom is 0.279 e. The lowest BCUT2D eigenvalue weighted by atomic mass is 10.1. The van der Waals surface area contributed by atoms with Gasteiger partial charge in [-0.05, 0) is 19.9 Å². The molecule has 2 aromatic carbocycles. The third-order valence-corrected chi connectivity index (χ3v) is 4.15. The Balaban J connectivity index is 1.66. The molecule has 25 heavy (non-hydrogen) atoms. The van der Waals surface area contributed by atoms with Crippen molar-refractivity contribution < 1.29 is 24.4 Å². The van der Waals surface area contributed by atoms with Crippen molar-refractivity contribution in [2.24, 2.45) is 0 Å². The Morgan fingerprint density at radius 1 is 1.16 bits per heavy atom. The van der Waals surface area contributed by atoms with Crippen molar-refractivity contribution in [1.82, 2.24) is 0 Å². The Bertz CT molecular complexity index is 790. The first-order chi connectivity index (χ1) is 12.0. The highest BCUT2D eigenvalue weighted by Gasteiger charge is 2.21. The summed E-state index contributed by atoms with van der Waals surface area (Å²) in [7, 11) is 0. The molecule has 0 bridgehead atoms. The van der Waals surface area contributed by atoms with E-state index in [0.717, 1.165) is 5.56 Å². The van der Waals surface area contributed by atoms with E-state index in [1.54, 1.807) is 12.1 Å². The summed E-state index contributed by atoms with van der Waals surface area (Å²) in [5, 5.41) is 4.75. The predicted octanol–water partition coefficient (Wildman–Crippen LogP) is 1.88. The predicted molar refractivity (Wildman–Crippen MR) is 92.8 cm³/mol. The van der Waals surface area contributed by atoms with Crippen LogP contribution in [0.4, 0.5) is 5.69 Å². The number of carbonyl (C=O) groups excluding carboxylic acids is 2. The van der Waals surface area contributed by atoms with Crippen LogP contribution in [0.3, 0.4) is 0 Å². The molecule has 0 saturated carbocycles. The zero-order chi connectivity index (χ0) is 17.8. The summed E-state index contributed by atoms with van der Waals surface area (Å²) in [5.74, 6) is 0.730. The SMILES string of the molecule is CC(=O)c1cc2c(cc1NC(=O)C[NH2+][C@@H](C)c1ccccc1)OCO2. The van der Waals surface area contributed by atoms with Gasteiger partial charge in [0.25, 0.3) is 5.91 Å². The van der Waals surface area contributed by atoms with Crippen molar-refractivity contribution in [3.05, 3.63) is 53.6 Å². The Morgan fingerprint density at radius 2 is 1.84 bits per heavy atom. The second-order valence-corrected chi connectivity index (χ2v) is 5.99. The van der Waals surface area contributed by atoms with Crippen LogP contribution in [0.25, 0.3) is 0 Å². The molecule has 3 rings (SSSR count). The fourth-order valence-electron chi connectivity index (χ4n) is 2.71. The molecule has 1 atom stereocenters. The lowest BCUT2D eigenvalue weighted by Crippen LogP contribution is -2.86. The molecule has 2 aromatic rings. The number of hydrogen-bond donors (Lipinski definition) is 2. The maximum absolute atomic E-state index is 12.3. The highest BCUT2D eigenvalue weighted by Crippen LogP contribution is 2.37. The van der Waals surface area contributed by atoms with Gasteiger partial charge in [-0.2, -0.15) is 0 Å². The number of quaternary nitrogens is 1. The fourth-order valence-corrected chi connectivity index (χ4v) is 2.71. The highest BCUT2D eigenvalue weighted by molar-refractivity contribution is 6.04. The average molecular weight is 341 g/mol. The molecular weight excluding hydrogens is 320 g/mol. The van der Waals surface area contributed by atoms with Crippen LogP contribution in [0.5, 0.6) is 11.5 Å². The number of hydrogen-bond acceptors (Lipinski definition) is 4. The van der Waals surface area contributed by atoms with Crippen molar-refractivity contribution in [3.8, 4) is 11.5 Å². The minimum Gasteiger partial charge on any atom is -0.454 e. The quantitative estimate of drug-likeness (QED) is 0.786. The molecule has 0 radical (unpaired) electrons. The molecule has 1 aliphatic heterocycles. The van der Waals surface area contributed by atoms with Gasteiger partial charge < -0.3 is 20.1 Å². The van der Waals surface area contributed by atoms with E-state index in [1.807, 2.05) is 42.6 Å². The van der Waals surface area contributed by atoms with Gasteiger partial charge in [-0.15, -0.1) is 0 Å². The number of nitrogens with one attached hydrogen (secondary N) is 1. The largest absolute Gasteiger partial charge is 0.454 e. The number of ketones is 1. The minimum atomic E-state index is -0.177. The van der Waals surface area contributed by atoms with Gasteiger partial charge in [-0.25, -0.2) is 0 Å². The minimum absolute atomic E-state index is 0.118. The number of anilines is 1. The molecule has 1 amide bonds. The molecule has 6 nitrogen and oxygen atoms in total. The number of amides is 1. The zero-order valence-corrected chi connectivity index (χ0v) is 14.2. The van der Waals surface area contributed by atoms with E-state index in [1.165, 1.54) is 6.92 Å². The first-order valence-corrected chi connectivity index (χ1v) is 8.17. The van der Waals surface area contributed by atoms with Crippen LogP contribution < -0.4 is 20.1 Å². The zero-order valence-electron chi connectivity index (χ0n) is 14.2.